The van der Waals surface area contributed by atoms with E-state index in [2.05, 4.69) is 0 Å². The Bertz CT molecular complexity index is 1450. The molecule has 3 aromatic carbocycles. The minimum absolute atomic E-state index is 0.203. The molecule has 7 nitrogen and oxygen atoms in total. The average Bonchev–Trinajstić information content (AvgIpc) is 3.18. The first-order chi connectivity index (χ1) is 19.4. The molecule has 1 fully saturated rings. The van der Waals surface area contributed by atoms with Gasteiger partial charge in [0, 0.05) is 35.1 Å². The predicted molar refractivity (Wildman–Crippen MR) is 162 cm³/mol. The first kappa shape index (κ1) is 29.9. The van der Waals surface area contributed by atoms with Crippen LogP contribution < -0.4 is 0 Å². The predicted octanol–water partition coefficient (Wildman–Crippen LogP) is 7.85. The lowest BCUT2D eigenvalue weighted by molar-refractivity contribution is -0.160. The highest BCUT2D eigenvalue weighted by Crippen LogP contribution is 2.59. The average molecular weight is 618 g/mol. The first-order valence-corrected chi connectivity index (χ1v) is 15.9. The van der Waals surface area contributed by atoms with Gasteiger partial charge in [0.1, 0.15) is 0 Å². The lowest BCUT2D eigenvalue weighted by atomic mass is 9.67. The summed E-state index contributed by atoms with van der Waals surface area (Å²) in [6.45, 7) is 4.23. The zero-order valence-corrected chi connectivity index (χ0v) is 25.2. The van der Waals surface area contributed by atoms with Gasteiger partial charge in [-0.25, -0.2) is 0 Å². The van der Waals surface area contributed by atoms with Crippen molar-refractivity contribution in [1.29, 1.82) is 0 Å². The van der Waals surface area contributed by atoms with Gasteiger partial charge in [-0.05, 0) is 59.9 Å². The van der Waals surface area contributed by atoms with Crippen LogP contribution in [-0.4, -0.2) is 47.9 Å². The molecule has 41 heavy (non-hydrogen) atoms. The van der Waals surface area contributed by atoms with Crippen LogP contribution in [0.25, 0.3) is 0 Å². The van der Waals surface area contributed by atoms with E-state index in [0.29, 0.717) is 34.3 Å². The zero-order valence-electron chi connectivity index (χ0n) is 22.9. The topological polar surface area (TPSA) is 101 Å². The van der Waals surface area contributed by atoms with Crippen LogP contribution in [0.1, 0.15) is 61.8 Å². The summed E-state index contributed by atoms with van der Waals surface area (Å²) in [6, 6.07) is 21.2. The summed E-state index contributed by atoms with van der Waals surface area (Å²) in [4.78, 5) is 28.9. The molecule has 2 aliphatic heterocycles. The number of amides is 1. The lowest BCUT2D eigenvalue weighted by Crippen LogP contribution is -2.58. The van der Waals surface area contributed by atoms with Gasteiger partial charge in [0.2, 0.25) is 5.91 Å². The molecule has 1 saturated heterocycles. The third-order valence-corrected chi connectivity index (χ3v) is 10.9. The molecular weight excluding hydrogens is 583 g/mol. The number of carboxylic acids is 1. The van der Waals surface area contributed by atoms with E-state index in [-0.39, 0.29) is 24.8 Å². The van der Waals surface area contributed by atoms with Crippen LogP contribution in [0.5, 0.6) is 0 Å². The second kappa shape index (κ2) is 11.6. The number of carbonyl (C=O) groups excluding carboxylic acids is 1. The van der Waals surface area contributed by atoms with E-state index in [1.165, 1.54) is 0 Å². The minimum atomic E-state index is -3.25. The summed E-state index contributed by atoms with van der Waals surface area (Å²) in [5, 5.41) is 11.0. The summed E-state index contributed by atoms with van der Waals surface area (Å²) in [5.41, 5.74) is 1.42. The van der Waals surface area contributed by atoms with Gasteiger partial charge in [-0.1, -0.05) is 79.5 Å². The molecule has 3 N–H and O–H groups in total. The quantitative estimate of drug-likeness (QED) is 0.238. The van der Waals surface area contributed by atoms with Crippen LogP contribution in [0.4, 0.5) is 0 Å². The SMILES string of the molecule is CC[C@@H](CN1Cc2ccccc2S1(O)O)N1C(=O)[C@](C)(CC(=O)O)C[C@H](c2cccc(Cl)c2)[C@H]1c1ccc(Cl)cc1. The van der Waals surface area contributed by atoms with Gasteiger partial charge in [0.05, 0.1) is 22.8 Å². The number of rotatable bonds is 8. The molecule has 0 unspecified atom stereocenters. The Morgan fingerprint density at radius 2 is 1.73 bits per heavy atom. The van der Waals surface area contributed by atoms with Gasteiger partial charge in [0.25, 0.3) is 0 Å². The van der Waals surface area contributed by atoms with Gasteiger partial charge in [0.15, 0.2) is 0 Å². The maximum absolute atomic E-state index is 14.5. The molecule has 0 aromatic heterocycles. The Morgan fingerprint density at radius 1 is 1.02 bits per heavy atom. The van der Waals surface area contributed by atoms with E-state index < -0.39 is 34.2 Å². The number of likely N-dealkylation sites (tertiary alicyclic amines) is 1. The van der Waals surface area contributed by atoms with Crippen LogP contribution >= 0.6 is 34.0 Å². The lowest BCUT2D eigenvalue weighted by Gasteiger charge is -2.53. The molecule has 0 spiro atoms. The van der Waals surface area contributed by atoms with Crippen LogP contribution in [-0.2, 0) is 16.1 Å². The second-order valence-corrected chi connectivity index (χ2v) is 14.1. The molecule has 0 saturated carbocycles. The number of halogens is 2. The van der Waals surface area contributed by atoms with Crippen molar-refractivity contribution in [2.75, 3.05) is 6.54 Å². The van der Waals surface area contributed by atoms with E-state index in [1.807, 2.05) is 49.4 Å². The third-order valence-electron chi connectivity index (χ3n) is 8.39. The molecule has 0 radical (unpaired) electrons. The second-order valence-electron chi connectivity index (χ2n) is 11.2. The summed E-state index contributed by atoms with van der Waals surface area (Å²) in [5.74, 6) is -1.59. The summed E-state index contributed by atoms with van der Waals surface area (Å²) >= 11 is 12.7. The number of aliphatic carboxylic acids is 1. The smallest absolute Gasteiger partial charge is 0.304 e. The first-order valence-electron chi connectivity index (χ1n) is 13.6. The van der Waals surface area contributed by atoms with Crippen molar-refractivity contribution in [3.8, 4) is 0 Å². The van der Waals surface area contributed by atoms with Gasteiger partial charge in [-0.2, -0.15) is 4.31 Å². The number of fused-ring (bicyclic) bond motifs is 1. The summed E-state index contributed by atoms with van der Waals surface area (Å²) in [6.07, 6.45) is 0.500. The molecule has 5 rings (SSSR count). The molecule has 4 atom stereocenters. The molecule has 2 aliphatic rings. The Morgan fingerprint density at radius 3 is 2.37 bits per heavy atom. The number of hydrogen-bond acceptors (Lipinski definition) is 5. The monoisotopic (exact) mass is 616 g/mol. The molecular formula is C31H34Cl2N2O5S. The van der Waals surface area contributed by atoms with Crippen molar-refractivity contribution in [2.24, 2.45) is 5.41 Å². The Labute approximate surface area is 252 Å². The number of carbonyl (C=O) groups is 2. The maximum atomic E-state index is 14.5. The van der Waals surface area contributed by atoms with Crippen LogP contribution in [0.3, 0.4) is 0 Å². The number of hydrogen-bond donors (Lipinski definition) is 3. The Kier molecular flexibility index (Phi) is 8.45. The van der Waals surface area contributed by atoms with E-state index in [0.717, 1.165) is 16.7 Å². The van der Waals surface area contributed by atoms with E-state index in [4.69, 9.17) is 23.2 Å². The number of carboxylic acid groups (broad SMARTS) is 1. The van der Waals surface area contributed by atoms with Gasteiger partial charge >= 0.3 is 5.97 Å². The molecule has 2 heterocycles. The van der Waals surface area contributed by atoms with Crippen LogP contribution in [0, 0.1) is 5.41 Å². The number of piperidine rings is 1. The highest BCUT2D eigenvalue weighted by molar-refractivity contribution is 8.22. The fraction of sp³-hybridized carbons (Fsp3) is 0.355. The van der Waals surface area contributed by atoms with Gasteiger partial charge in [-0.15, -0.1) is 10.8 Å². The highest BCUT2D eigenvalue weighted by atomic mass is 35.5. The molecule has 10 heteroatoms. The highest BCUT2D eigenvalue weighted by Gasteiger charge is 2.53. The molecule has 1 amide bonds. The normalized spacial score (nSPS) is 25.5. The third kappa shape index (κ3) is 5.74. The van der Waals surface area contributed by atoms with Crippen molar-refractivity contribution < 1.29 is 23.8 Å². The van der Waals surface area contributed by atoms with Crippen molar-refractivity contribution in [1.82, 2.24) is 9.21 Å². The van der Waals surface area contributed by atoms with Gasteiger partial charge in [-0.3, -0.25) is 18.7 Å². The Hall–Kier alpha value is -2.59. The summed E-state index contributed by atoms with van der Waals surface area (Å²) in [7, 11) is -3.25. The van der Waals surface area contributed by atoms with Crippen molar-refractivity contribution >= 4 is 45.9 Å². The molecule has 0 bridgehead atoms. The van der Waals surface area contributed by atoms with E-state index in [9.17, 15) is 23.8 Å². The fourth-order valence-corrected chi connectivity index (χ4v) is 8.47. The largest absolute Gasteiger partial charge is 0.481 e. The standard InChI is InChI=1S/C31H34Cl2N2O5S/c1-3-25(19-34-18-22-7-4-5-10-27(22)41(34,39)40)35-29(20-11-13-23(32)14-12-20)26(21-8-6-9-24(33)15-21)16-31(2,30(35)38)17-28(36)37/h4-15,25-26,29,39-40H,3,16-19H2,1-2H3,(H,36,37)/t25-,26+,29+,31-/m0/s1. The van der Waals surface area contributed by atoms with Crippen molar-refractivity contribution in [3.05, 3.63) is 99.5 Å². The fourth-order valence-electron chi connectivity index (χ4n) is 6.42. The minimum Gasteiger partial charge on any atom is -0.481 e. The maximum Gasteiger partial charge on any atom is 0.304 e. The Balaban J connectivity index is 1.63. The van der Waals surface area contributed by atoms with Crippen LogP contribution in [0.2, 0.25) is 10.0 Å². The van der Waals surface area contributed by atoms with Crippen molar-refractivity contribution in [2.45, 2.75) is 62.6 Å². The van der Waals surface area contributed by atoms with E-state index in [1.54, 1.807) is 46.5 Å². The number of nitrogens with zero attached hydrogens (tertiary/aromatic N) is 2. The van der Waals surface area contributed by atoms with Crippen LogP contribution in [0.15, 0.2) is 77.7 Å². The molecule has 0 aliphatic carbocycles. The van der Waals surface area contributed by atoms with Gasteiger partial charge < -0.3 is 10.0 Å². The molecule has 218 valence electrons. The number of benzene rings is 3. The van der Waals surface area contributed by atoms with E-state index >= 15 is 0 Å². The summed E-state index contributed by atoms with van der Waals surface area (Å²) < 4.78 is 24.2. The zero-order chi connectivity index (χ0) is 29.5. The van der Waals surface area contributed by atoms with Crippen molar-refractivity contribution in [3.63, 3.8) is 0 Å². The molecule has 3 aromatic rings.